The highest BCUT2D eigenvalue weighted by atomic mass is 32.1. The van der Waals surface area contributed by atoms with Gasteiger partial charge in [0, 0.05) is 17.8 Å². The number of carbonyl (C=O) groups is 3. The number of rotatable bonds is 5. The fraction of sp³-hybridized carbons (Fsp3) is 0.375. The van der Waals surface area contributed by atoms with Crippen LogP contribution in [0.15, 0.2) is 47.9 Å². The van der Waals surface area contributed by atoms with Crippen LogP contribution in [-0.4, -0.2) is 41.1 Å². The van der Waals surface area contributed by atoms with E-state index in [0.717, 1.165) is 29.7 Å². The Bertz CT molecular complexity index is 1060. The summed E-state index contributed by atoms with van der Waals surface area (Å²) in [7, 11) is 0. The number of anilines is 1. The second-order valence-corrected chi connectivity index (χ2v) is 9.23. The minimum absolute atomic E-state index is 0.0660. The Kier molecular flexibility index (Phi) is 4.62. The van der Waals surface area contributed by atoms with Crippen LogP contribution in [0.3, 0.4) is 0 Å². The third-order valence-corrected chi connectivity index (χ3v) is 7.50. The Labute approximate surface area is 180 Å². The van der Waals surface area contributed by atoms with Crippen molar-refractivity contribution in [2.75, 3.05) is 11.4 Å². The number of nitrogens with zero attached hydrogens (tertiary/aromatic N) is 2. The van der Waals surface area contributed by atoms with Crippen LogP contribution in [0, 0.1) is 11.8 Å². The monoisotopic (exact) mass is 420 g/mol. The first-order chi connectivity index (χ1) is 14.5. The van der Waals surface area contributed by atoms with Gasteiger partial charge in [-0.15, -0.1) is 11.3 Å². The van der Waals surface area contributed by atoms with Crippen LogP contribution in [0.2, 0.25) is 0 Å². The average Bonchev–Trinajstić information content (AvgIpc) is 3.44. The molecule has 0 radical (unpaired) electrons. The fourth-order valence-electron chi connectivity index (χ4n) is 5.26. The van der Waals surface area contributed by atoms with Gasteiger partial charge >= 0.3 is 0 Å². The van der Waals surface area contributed by atoms with E-state index in [2.05, 4.69) is 6.08 Å². The number of hydrogen-bond donors (Lipinski definition) is 0. The molecule has 154 valence electrons. The van der Waals surface area contributed by atoms with Crippen molar-refractivity contribution in [1.29, 1.82) is 0 Å². The molecule has 0 bridgehead atoms. The Balaban J connectivity index is 1.65. The highest BCUT2D eigenvalue weighted by molar-refractivity contribution is 7.12. The van der Waals surface area contributed by atoms with Crippen molar-refractivity contribution in [1.82, 2.24) is 4.90 Å². The van der Waals surface area contributed by atoms with Crippen molar-refractivity contribution in [3.63, 3.8) is 0 Å². The van der Waals surface area contributed by atoms with Crippen LogP contribution in [0.1, 0.15) is 41.9 Å². The number of ketones is 1. The molecule has 2 saturated heterocycles. The number of likely N-dealkylation sites (tertiary alicyclic amines) is 1. The zero-order chi connectivity index (χ0) is 21.0. The lowest BCUT2D eigenvalue weighted by Crippen LogP contribution is -2.49. The van der Waals surface area contributed by atoms with Crippen LogP contribution in [0.4, 0.5) is 5.69 Å². The molecule has 2 fully saturated rings. The molecule has 0 saturated carbocycles. The van der Waals surface area contributed by atoms with Crippen LogP contribution >= 0.6 is 11.3 Å². The molecule has 5 rings (SSSR count). The van der Waals surface area contributed by atoms with E-state index < -0.39 is 17.9 Å². The standard InChI is InChI=1S/C24H24N2O3S/c1-3-4-11-25-23(28)19-17-13-14(2)15-8-5-6-9-16(15)26(17)21(20(19)24(25)29)22(27)18-10-7-12-30-18/h5-10,12-13,17,19-21H,3-4,11H2,1-2H3/t17-,19+,20-,21+/m1/s1. The number of fused-ring (bicyclic) bond motifs is 5. The minimum Gasteiger partial charge on any atom is -0.352 e. The molecule has 30 heavy (non-hydrogen) atoms. The van der Waals surface area contributed by atoms with Crippen LogP contribution in [-0.2, 0) is 9.59 Å². The topological polar surface area (TPSA) is 57.7 Å². The van der Waals surface area contributed by atoms with Gasteiger partial charge in [-0.25, -0.2) is 0 Å². The smallest absolute Gasteiger partial charge is 0.235 e. The maximum absolute atomic E-state index is 13.6. The van der Waals surface area contributed by atoms with Gasteiger partial charge in [0.25, 0.3) is 0 Å². The quantitative estimate of drug-likeness (QED) is 0.542. The second kappa shape index (κ2) is 7.20. The number of unbranched alkanes of at least 4 members (excludes halogenated alkanes) is 1. The zero-order valence-electron chi connectivity index (χ0n) is 17.1. The molecule has 4 atom stereocenters. The maximum Gasteiger partial charge on any atom is 0.235 e. The number of thiophene rings is 1. The van der Waals surface area contributed by atoms with E-state index in [1.807, 2.05) is 60.5 Å². The number of amides is 2. The number of benzene rings is 1. The average molecular weight is 421 g/mol. The van der Waals surface area contributed by atoms with Gasteiger partial charge in [-0.2, -0.15) is 0 Å². The molecule has 3 aliphatic heterocycles. The molecule has 1 aromatic heterocycles. The SMILES string of the molecule is CCCCN1C(=O)[C@@H]2[C@@H](C1=O)[C@@H](C(=O)c1cccs1)N1c3ccccc3C(C)=C[C@H]21. The number of para-hydroxylation sites is 1. The van der Waals surface area contributed by atoms with Crippen LogP contribution in [0.25, 0.3) is 5.57 Å². The lowest BCUT2D eigenvalue weighted by molar-refractivity contribution is -0.140. The van der Waals surface area contributed by atoms with Crippen molar-refractivity contribution in [3.05, 3.63) is 58.3 Å². The normalized spacial score (nSPS) is 27.1. The molecule has 2 amide bonds. The number of imide groups is 1. The summed E-state index contributed by atoms with van der Waals surface area (Å²) in [5.41, 5.74) is 3.08. The summed E-state index contributed by atoms with van der Waals surface area (Å²) in [4.78, 5) is 44.5. The molecule has 6 heteroatoms. The van der Waals surface area contributed by atoms with Crippen LogP contribution < -0.4 is 4.90 Å². The van der Waals surface area contributed by atoms with E-state index in [1.165, 1.54) is 16.2 Å². The predicted molar refractivity (Wildman–Crippen MR) is 117 cm³/mol. The van der Waals surface area contributed by atoms with Crippen molar-refractivity contribution < 1.29 is 14.4 Å². The van der Waals surface area contributed by atoms with Gasteiger partial charge in [-0.3, -0.25) is 19.3 Å². The predicted octanol–water partition coefficient (Wildman–Crippen LogP) is 4.01. The summed E-state index contributed by atoms with van der Waals surface area (Å²) in [5.74, 6) is -1.52. The first-order valence-corrected chi connectivity index (χ1v) is 11.4. The summed E-state index contributed by atoms with van der Waals surface area (Å²) in [6.07, 6.45) is 3.77. The molecule has 2 aromatic rings. The summed E-state index contributed by atoms with van der Waals surface area (Å²) < 4.78 is 0. The van der Waals surface area contributed by atoms with Crippen molar-refractivity contribution >= 4 is 40.2 Å². The molecule has 1 aromatic carbocycles. The first-order valence-electron chi connectivity index (χ1n) is 10.5. The summed E-state index contributed by atoms with van der Waals surface area (Å²) >= 11 is 1.39. The third kappa shape index (κ3) is 2.63. The Morgan fingerprint density at radius 2 is 1.83 bits per heavy atom. The fourth-order valence-corrected chi connectivity index (χ4v) is 5.96. The second-order valence-electron chi connectivity index (χ2n) is 8.28. The molecule has 0 N–H and O–H groups in total. The van der Waals surface area contributed by atoms with E-state index in [4.69, 9.17) is 0 Å². The molecule has 0 unspecified atom stereocenters. The summed E-state index contributed by atoms with van der Waals surface area (Å²) in [6.45, 7) is 4.52. The Morgan fingerprint density at radius 1 is 1.07 bits per heavy atom. The van der Waals surface area contributed by atoms with Crippen LogP contribution in [0.5, 0.6) is 0 Å². The molecule has 5 nitrogen and oxygen atoms in total. The zero-order valence-corrected chi connectivity index (χ0v) is 17.9. The minimum atomic E-state index is -0.660. The molecule has 0 spiro atoms. The molecular formula is C24H24N2O3S. The molecule has 0 aliphatic carbocycles. The first kappa shape index (κ1) is 19.2. The van der Waals surface area contributed by atoms with Gasteiger partial charge in [-0.1, -0.05) is 43.7 Å². The van der Waals surface area contributed by atoms with E-state index in [1.54, 1.807) is 0 Å². The van der Waals surface area contributed by atoms with E-state index in [-0.39, 0.29) is 23.6 Å². The van der Waals surface area contributed by atoms with Gasteiger partial charge < -0.3 is 4.90 Å². The summed E-state index contributed by atoms with van der Waals surface area (Å²) in [5, 5.41) is 1.88. The number of Topliss-reactive ketones (excluding diaryl/α,β-unsaturated/α-hetero) is 1. The molecular weight excluding hydrogens is 396 g/mol. The number of allylic oxidation sites excluding steroid dienone is 1. The molecule has 3 aliphatic rings. The lowest BCUT2D eigenvalue weighted by Gasteiger charge is -2.37. The largest absolute Gasteiger partial charge is 0.352 e. The molecule has 4 heterocycles. The maximum atomic E-state index is 13.6. The van der Waals surface area contributed by atoms with Crippen molar-refractivity contribution in [2.45, 2.75) is 38.8 Å². The van der Waals surface area contributed by atoms with E-state index in [0.29, 0.717) is 11.4 Å². The summed E-state index contributed by atoms with van der Waals surface area (Å²) in [6, 6.07) is 10.7. The Morgan fingerprint density at radius 3 is 2.57 bits per heavy atom. The van der Waals surface area contributed by atoms with Crippen molar-refractivity contribution in [2.24, 2.45) is 11.8 Å². The third-order valence-electron chi connectivity index (χ3n) is 6.61. The van der Waals surface area contributed by atoms with Gasteiger partial charge in [0.15, 0.2) is 5.78 Å². The number of carbonyl (C=O) groups excluding carboxylic acids is 3. The van der Waals surface area contributed by atoms with E-state index in [9.17, 15) is 14.4 Å². The highest BCUT2D eigenvalue weighted by Gasteiger charge is 2.64. The van der Waals surface area contributed by atoms with Gasteiger partial charge in [0.1, 0.15) is 6.04 Å². The van der Waals surface area contributed by atoms with E-state index >= 15 is 0 Å². The Hall–Kier alpha value is -2.73. The van der Waals surface area contributed by atoms with Crippen molar-refractivity contribution in [3.8, 4) is 0 Å². The number of hydrogen-bond acceptors (Lipinski definition) is 5. The lowest BCUT2D eigenvalue weighted by atomic mass is 9.86. The van der Waals surface area contributed by atoms with Gasteiger partial charge in [0.2, 0.25) is 11.8 Å². The highest BCUT2D eigenvalue weighted by Crippen LogP contribution is 2.50. The van der Waals surface area contributed by atoms with Gasteiger partial charge in [-0.05, 0) is 36.4 Å². The van der Waals surface area contributed by atoms with Gasteiger partial charge in [0.05, 0.1) is 22.8 Å².